The van der Waals surface area contributed by atoms with Gasteiger partial charge in [0.15, 0.2) is 0 Å². The van der Waals surface area contributed by atoms with Crippen molar-refractivity contribution in [2.24, 2.45) is 5.92 Å². The van der Waals surface area contributed by atoms with Crippen LogP contribution in [-0.2, 0) is 16.0 Å². The van der Waals surface area contributed by atoms with Crippen LogP contribution in [-0.4, -0.2) is 17.6 Å². The van der Waals surface area contributed by atoms with E-state index >= 15 is 0 Å². The second-order valence-corrected chi connectivity index (χ2v) is 5.32. The Kier molecular flexibility index (Phi) is 6.54. The highest BCUT2D eigenvalue weighted by atomic mass is 16.5. The maximum Gasteiger partial charge on any atom is 0.302 e. The van der Waals surface area contributed by atoms with Gasteiger partial charge in [-0.3, -0.25) is 9.78 Å². The van der Waals surface area contributed by atoms with Crippen molar-refractivity contribution < 1.29 is 9.53 Å². The Labute approximate surface area is 116 Å². The van der Waals surface area contributed by atoms with E-state index in [1.807, 2.05) is 6.92 Å². The Morgan fingerprint density at radius 2 is 2.05 bits per heavy atom. The highest BCUT2D eigenvalue weighted by molar-refractivity contribution is 5.65. The van der Waals surface area contributed by atoms with Gasteiger partial charge in [-0.15, -0.1) is 0 Å². The molecule has 1 unspecified atom stereocenters. The molecule has 0 bridgehead atoms. The fraction of sp³-hybridized carbons (Fsp3) is 0.625. The first kappa shape index (κ1) is 15.7. The minimum atomic E-state index is -0.187. The molecule has 1 rings (SSSR count). The summed E-state index contributed by atoms with van der Waals surface area (Å²) in [5.41, 5.74) is 3.57. The van der Waals surface area contributed by atoms with E-state index in [9.17, 15) is 4.79 Å². The minimum Gasteiger partial charge on any atom is -0.466 e. The first-order valence-corrected chi connectivity index (χ1v) is 7.05. The number of hydrogen-bond acceptors (Lipinski definition) is 3. The quantitative estimate of drug-likeness (QED) is 0.705. The van der Waals surface area contributed by atoms with E-state index in [1.165, 1.54) is 12.5 Å². The van der Waals surface area contributed by atoms with Crippen molar-refractivity contribution in [3.63, 3.8) is 0 Å². The van der Waals surface area contributed by atoms with Crippen LogP contribution in [0.4, 0.5) is 0 Å². The highest BCUT2D eigenvalue weighted by Crippen LogP contribution is 2.15. The molecular weight excluding hydrogens is 238 g/mol. The van der Waals surface area contributed by atoms with E-state index in [0.29, 0.717) is 12.5 Å². The van der Waals surface area contributed by atoms with Gasteiger partial charge in [-0.2, -0.15) is 0 Å². The first-order chi connectivity index (χ1) is 8.99. The Hall–Kier alpha value is -1.38. The number of carbonyl (C=O) groups is 1. The lowest BCUT2D eigenvalue weighted by atomic mass is 9.98. The Bertz CT molecular complexity index is 415. The molecule has 19 heavy (non-hydrogen) atoms. The number of hydrogen-bond donors (Lipinski definition) is 0. The predicted molar refractivity (Wildman–Crippen MR) is 77.1 cm³/mol. The van der Waals surface area contributed by atoms with E-state index in [0.717, 1.165) is 37.1 Å². The maximum absolute atomic E-state index is 10.7. The molecule has 0 amide bonds. The number of aromatic nitrogens is 1. The molecule has 1 heterocycles. The summed E-state index contributed by atoms with van der Waals surface area (Å²) in [4.78, 5) is 15.1. The number of esters is 1. The van der Waals surface area contributed by atoms with E-state index in [-0.39, 0.29) is 5.97 Å². The Balaban J connectivity index is 2.24. The number of ether oxygens (including phenoxy) is 1. The van der Waals surface area contributed by atoms with Crippen molar-refractivity contribution in [3.05, 3.63) is 29.1 Å². The molecule has 0 aliphatic carbocycles. The largest absolute Gasteiger partial charge is 0.466 e. The number of nitrogens with zero attached hydrogens (tertiary/aromatic N) is 1. The molecule has 0 radical (unpaired) electrons. The van der Waals surface area contributed by atoms with Gasteiger partial charge < -0.3 is 4.74 Å². The SMILES string of the molecule is CC(=O)OCCC(C)CCCc1ccc(C)nc1C. The van der Waals surface area contributed by atoms with Gasteiger partial charge in [0.25, 0.3) is 0 Å². The Morgan fingerprint density at radius 3 is 2.68 bits per heavy atom. The number of carbonyl (C=O) groups excluding carboxylic acids is 1. The van der Waals surface area contributed by atoms with Crippen molar-refractivity contribution in [2.75, 3.05) is 6.61 Å². The van der Waals surface area contributed by atoms with Crippen LogP contribution in [0, 0.1) is 19.8 Å². The molecular formula is C16H25NO2. The molecule has 0 spiro atoms. The van der Waals surface area contributed by atoms with Crippen LogP contribution in [0.5, 0.6) is 0 Å². The van der Waals surface area contributed by atoms with Crippen molar-refractivity contribution in [1.82, 2.24) is 4.98 Å². The summed E-state index contributed by atoms with van der Waals surface area (Å²) in [6.45, 7) is 8.31. The summed E-state index contributed by atoms with van der Waals surface area (Å²) in [6.07, 6.45) is 4.35. The van der Waals surface area contributed by atoms with Crippen molar-refractivity contribution in [3.8, 4) is 0 Å². The first-order valence-electron chi connectivity index (χ1n) is 7.05. The van der Waals surface area contributed by atoms with Gasteiger partial charge >= 0.3 is 5.97 Å². The topological polar surface area (TPSA) is 39.2 Å². The van der Waals surface area contributed by atoms with Crippen LogP contribution in [0.2, 0.25) is 0 Å². The van der Waals surface area contributed by atoms with Gasteiger partial charge in [0.2, 0.25) is 0 Å². The lowest BCUT2D eigenvalue weighted by molar-refractivity contribution is -0.141. The molecule has 0 saturated carbocycles. The zero-order valence-corrected chi connectivity index (χ0v) is 12.5. The molecule has 1 atom stereocenters. The van der Waals surface area contributed by atoms with Crippen LogP contribution in [0.3, 0.4) is 0 Å². The molecule has 0 aliphatic heterocycles. The monoisotopic (exact) mass is 263 g/mol. The standard InChI is InChI=1S/C16H25NO2/c1-12(10-11-19-15(4)18)6-5-7-16-9-8-13(2)17-14(16)3/h8-9,12H,5-7,10-11H2,1-4H3. The Morgan fingerprint density at radius 1 is 1.32 bits per heavy atom. The zero-order chi connectivity index (χ0) is 14.3. The molecule has 106 valence electrons. The highest BCUT2D eigenvalue weighted by Gasteiger charge is 2.05. The van der Waals surface area contributed by atoms with Crippen molar-refractivity contribution in [2.45, 2.75) is 53.4 Å². The number of aryl methyl sites for hydroxylation is 3. The fourth-order valence-corrected chi connectivity index (χ4v) is 2.17. The minimum absolute atomic E-state index is 0.187. The summed E-state index contributed by atoms with van der Waals surface area (Å²) < 4.78 is 4.96. The van der Waals surface area contributed by atoms with Gasteiger partial charge in [0.05, 0.1) is 6.61 Å². The van der Waals surface area contributed by atoms with Gasteiger partial charge in [0.1, 0.15) is 0 Å². The van der Waals surface area contributed by atoms with Crippen LogP contribution in [0.25, 0.3) is 0 Å². The van der Waals surface area contributed by atoms with Gasteiger partial charge in [-0.05, 0) is 50.7 Å². The molecule has 0 aliphatic rings. The van der Waals surface area contributed by atoms with E-state index in [4.69, 9.17) is 4.74 Å². The summed E-state index contributed by atoms with van der Waals surface area (Å²) in [6, 6.07) is 4.26. The molecule has 0 fully saturated rings. The fourth-order valence-electron chi connectivity index (χ4n) is 2.17. The maximum atomic E-state index is 10.7. The van der Waals surface area contributed by atoms with Gasteiger partial charge in [-0.25, -0.2) is 0 Å². The third kappa shape index (κ3) is 6.37. The third-order valence-electron chi connectivity index (χ3n) is 3.39. The molecule has 0 saturated heterocycles. The molecule has 0 N–H and O–H groups in total. The van der Waals surface area contributed by atoms with Gasteiger partial charge in [-0.1, -0.05) is 19.4 Å². The third-order valence-corrected chi connectivity index (χ3v) is 3.39. The molecule has 1 aromatic heterocycles. The second kappa shape index (κ2) is 7.93. The summed E-state index contributed by atoms with van der Waals surface area (Å²) in [5, 5.41) is 0. The summed E-state index contributed by atoms with van der Waals surface area (Å²) in [7, 11) is 0. The van der Waals surface area contributed by atoms with E-state index in [1.54, 1.807) is 0 Å². The van der Waals surface area contributed by atoms with Crippen LogP contribution in [0.15, 0.2) is 12.1 Å². The summed E-state index contributed by atoms with van der Waals surface area (Å²) in [5.74, 6) is 0.409. The number of pyridine rings is 1. The molecule has 0 aromatic carbocycles. The van der Waals surface area contributed by atoms with E-state index < -0.39 is 0 Å². The lowest BCUT2D eigenvalue weighted by Gasteiger charge is -2.11. The van der Waals surface area contributed by atoms with Crippen LogP contribution in [0.1, 0.15) is 50.1 Å². The smallest absolute Gasteiger partial charge is 0.302 e. The number of rotatable bonds is 7. The molecule has 3 heteroatoms. The second-order valence-electron chi connectivity index (χ2n) is 5.32. The lowest BCUT2D eigenvalue weighted by Crippen LogP contribution is -2.06. The van der Waals surface area contributed by atoms with E-state index in [2.05, 4.69) is 31.0 Å². The van der Waals surface area contributed by atoms with Crippen molar-refractivity contribution >= 4 is 5.97 Å². The molecule has 3 nitrogen and oxygen atoms in total. The normalized spacial score (nSPS) is 12.2. The average molecular weight is 263 g/mol. The van der Waals surface area contributed by atoms with Gasteiger partial charge in [0, 0.05) is 18.3 Å². The van der Waals surface area contributed by atoms with Crippen LogP contribution >= 0.6 is 0 Å². The zero-order valence-electron chi connectivity index (χ0n) is 12.5. The molecule has 1 aromatic rings. The predicted octanol–water partition coefficient (Wildman–Crippen LogP) is 3.61. The summed E-state index contributed by atoms with van der Waals surface area (Å²) >= 11 is 0. The van der Waals surface area contributed by atoms with Crippen LogP contribution < -0.4 is 0 Å². The average Bonchev–Trinajstić information content (AvgIpc) is 2.31. The van der Waals surface area contributed by atoms with Crippen molar-refractivity contribution in [1.29, 1.82) is 0 Å².